The molecule has 0 spiro atoms. The highest BCUT2D eigenvalue weighted by molar-refractivity contribution is 7.20. The van der Waals surface area contributed by atoms with E-state index in [9.17, 15) is 9.59 Å². The fourth-order valence-corrected chi connectivity index (χ4v) is 2.08. The molecular weight excluding hydrogens is 228 g/mol. The number of benzene rings is 1. The molecule has 82 valence electrons. The number of thiazole rings is 1. The van der Waals surface area contributed by atoms with Crippen LogP contribution in [0.15, 0.2) is 24.3 Å². The zero-order valence-corrected chi connectivity index (χ0v) is 8.95. The Morgan fingerprint density at radius 1 is 1.38 bits per heavy atom. The summed E-state index contributed by atoms with van der Waals surface area (Å²) in [7, 11) is 0. The van der Waals surface area contributed by atoms with E-state index in [1.54, 1.807) is 6.07 Å². The van der Waals surface area contributed by atoms with Crippen molar-refractivity contribution in [3.8, 4) is 0 Å². The standard InChI is InChI=1S/C10H8N2O3S/c13-8(14)5-11-9(15)10-12-6-3-1-2-4-7(6)16-10/h1-4H,5H2,(H,11,15)(H,13,14). The summed E-state index contributed by atoms with van der Waals surface area (Å²) in [5, 5.41) is 11.0. The highest BCUT2D eigenvalue weighted by Gasteiger charge is 2.12. The molecule has 0 aliphatic carbocycles. The highest BCUT2D eigenvalue weighted by atomic mass is 32.1. The average molecular weight is 236 g/mol. The van der Waals surface area contributed by atoms with Crippen molar-refractivity contribution in [3.63, 3.8) is 0 Å². The first-order valence-corrected chi connectivity index (χ1v) is 5.34. The number of amides is 1. The van der Waals surface area contributed by atoms with E-state index in [-0.39, 0.29) is 5.01 Å². The number of hydrogen-bond acceptors (Lipinski definition) is 4. The minimum atomic E-state index is -1.07. The van der Waals surface area contributed by atoms with Gasteiger partial charge in [0.1, 0.15) is 6.54 Å². The summed E-state index contributed by atoms with van der Waals surface area (Å²) in [4.78, 5) is 25.9. The van der Waals surface area contributed by atoms with E-state index in [2.05, 4.69) is 10.3 Å². The fourth-order valence-electron chi connectivity index (χ4n) is 1.20. The van der Waals surface area contributed by atoms with Gasteiger partial charge in [0, 0.05) is 0 Å². The van der Waals surface area contributed by atoms with Crippen molar-refractivity contribution in [2.24, 2.45) is 0 Å². The second-order valence-electron chi connectivity index (χ2n) is 3.06. The van der Waals surface area contributed by atoms with E-state index in [1.807, 2.05) is 18.2 Å². The predicted molar refractivity (Wildman–Crippen MR) is 59.6 cm³/mol. The Morgan fingerprint density at radius 2 is 2.12 bits per heavy atom. The van der Waals surface area contributed by atoms with Gasteiger partial charge < -0.3 is 10.4 Å². The van der Waals surface area contributed by atoms with Crippen LogP contribution >= 0.6 is 11.3 Å². The zero-order chi connectivity index (χ0) is 11.5. The number of para-hydroxylation sites is 1. The maximum atomic E-state index is 11.5. The van der Waals surface area contributed by atoms with Crippen LogP contribution in [0.3, 0.4) is 0 Å². The number of carboxylic acids is 1. The predicted octanol–water partition coefficient (Wildman–Crippen LogP) is 1.11. The summed E-state index contributed by atoms with van der Waals surface area (Å²) in [5.74, 6) is -1.53. The molecule has 0 atom stereocenters. The number of aliphatic carboxylic acids is 1. The number of nitrogens with one attached hydrogen (secondary N) is 1. The average Bonchev–Trinajstić information content (AvgIpc) is 2.69. The van der Waals surface area contributed by atoms with Crippen LogP contribution in [0.2, 0.25) is 0 Å². The monoisotopic (exact) mass is 236 g/mol. The van der Waals surface area contributed by atoms with Crippen LogP contribution in [0, 0.1) is 0 Å². The number of aromatic nitrogens is 1. The molecule has 1 heterocycles. The molecule has 0 bridgehead atoms. The molecule has 2 N–H and O–H groups in total. The lowest BCUT2D eigenvalue weighted by molar-refractivity contribution is -0.135. The first kappa shape index (κ1) is 10.6. The molecule has 2 aromatic rings. The maximum Gasteiger partial charge on any atom is 0.322 e. The van der Waals surface area contributed by atoms with Crippen molar-refractivity contribution in [3.05, 3.63) is 29.3 Å². The molecule has 0 saturated heterocycles. The Morgan fingerprint density at radius 3 is 2.81 bits per heavy atom. The van der Waals surface area contributed by atoms with Crippen LogP contribution in [0.25, 0.3) is 10.2 Å². The van der Waals surface area contributed by atoms with Crippen molar-refractivity contribution >= 4 is 33.4 Å². The van der Waals surface area contributed by atoms with Crippen molar-refractivity contribution in [2.75, 3.05) is 6.54 Å². The van der Waals surface area contributed by atoms with Crippen molar-refractivity contribution in [2.45, 2.75) is 0 Å². The van der Waals surface area contributed by atoms with Gasteiger partial charge in [-0.05, 0) is 12.1 Å². The molecule has 1 aromatic heterocycles. The first-order valence-electron chi connectivity index (χ1n) is 4.52. The van der Waals surface area contributed by atoms with E-state index in [0.29, 0.717) is 0 Å². The van der Waals surface area contributed by atoms with E-state index >= 15 is 0 Å². The van der Waals surface area contributed by atoms with Gasteiger partial charge in [0.2, 0.25) is 0 Å². The molecule has 16 heavy (non-hydrogen) atoms. The van der Waals surface area contributed by atoms with Gasteiger partial charge in [0.25, 0.3) is 5.91 Å². The molecule has 5 nitrogen and oxygen atoms in total. The molecule has 6 heteroatoms. The van der Waals surface area contributed by atoms with Gasteiger partial charge in [-0.1, -0.05) is 12.1 Å². The summed E-state index contributed by atoms with van der Waals surface area (Å²) < 4.78 is 0.906. The third kappa shape index (κ3) is 2.17. The zero-order valence-electron chi connectivity index (χ0n) is 8.14. The SMILES string of the molecule is O=C(O)CNC(=O)c1nc2ccccc2s1. The molecule has 0 unspecified atom stereocenters. The van der Waals surface area contributed by atoms with Crippen LogP contribution in [0.4, 0.5) is 0 Å². The number of hydrogen-bond donors (Lipinski definition) is 2. The van der Waals surface area contributed by atoms with Crippen LogP contribution in [-0.4, -0.2) is 28.5 Å². The Hall–Kier alpha value is -1.95. The number of carbonyl (C=O) groups is 2. The second kappa shape index (κ2) is 4.28. The maximum absolute atomic E-state index is 11.5. The summed E-state index contributed by atoms with van der Waals surface area (Å²) in [5.41, 5.74) is 0.743. The second-order valence-corrected chi connectivity index (χ2v) is 4.09. The Balaban J connectivity index is 2.20. The van der Waals surface area contributed by atoms with E-state index < -0.39 is 18.4 Å². The van der Waals surface area contributed by atoms with Crippen LogP contribution in [0.5, 0.6) is 0 Å². The topological polar surface area (TPSA) is 79.3 Å². The minimum absolute atomic E-state index is 0.280. The molecule has 0 saturated carbocycles. The van der Waals surface area contributed by atoms with E-state index in [0.717, 1.165) is 10.2 Å². The molecule has 0 fully saturated rings. The summed E-state index contributed by atoms with van der Waals surface area (Å²) in [6.45, 7) is -0.394. The van der Waals surface area contributed by atoms with Gasteiger partial charge in [-0.15, -0.1) is 11.3 Å². The van der Waals surface area contributed by atoms with Crippen molar-refractivity contribution in [1.29, 1.82) is 0 Å². The fraction of sp³-hybridized carbons (Fsp3) is 0.100. The molecule has 0 aliphatic rings. The molecule has 2 rings (SSSR count). The summed E-state index contributed by atoms with van der Waals surface area (Å²) in [6.07, 6.45) is 0. The third-order valence-corrected chi connectivity index (χ3v) is 2.92. The van der Waals surface area contributed by atoms with E-state index in [1.165, 1.54) is 11.3 Å². The molecular formula is C10H8N2O3S. The number of nitrogens with zero attached hydrogens (tertiary/aromatic N) is 1. The van der Waals surface area contributed by atoms with Crippen LogP contribution in [-0.2, 0) is 4.79 Å². The molecule has 0 radical (unpaired) electrons. The number of rotatable bonds is 3. The molecule has 1 aromatic carbocycles. The summed E-state index contributed by atoms with van der Waals surface area (Å²) in [6, 6.07) is 7.36. The van der Waals surface area contributed by atoms with Crippen LogP contribution < -0.4 is 5.32 Å². The van der Waals surface area contributed by atoms with Gasteiger partial charge in [0.15, 0.2) is 5.01 Å². The van der Waals surface area contributed by atoms with Gasteiger partial charge >= 0.3 is 5.97 Å². The number of carbonyl (C=O) groups excluding carboxylic acids is 1. The lowest BCUT2D eigenvalue weighted by Gasteiger charge is -1.96. The largest absolute Gasteiger partial charge is 0.480 e. The van der Waals surface area contributed by atoms with Gasteiger partial charge in [0.05, 0.1) is 10.2 Å². The quantitative estimate of drug-likeness (QED) is 0.836. The third-order valence-electron chi connectivity index (χ3n) is 1.89. The first-order chi connectivity index (χ1) is 7.66. The number of carboxylic acid groups (broad SMARTS) is 1. The summed E-state index contributed by atoms with van der Waals surface area (Å²) >= 11 is 1.24. The van der Waals surface area contributed by atoms with Gasteiger partial charge in [-0.2, -0.15) is 0 Å². The lowest BCUT2D eigenvalue weighted by atomic mass is 10.3. The van der Waals surface area contributed by atoms with Crippen LogP contribution in [0.1, 0.15) is 9.80 Å². The molecule has 0 aliphatic heterocycles. The Labute approximate surface area is 94.7 Å². The Bertz CT molecular complexity index is 517. The van der Waals surface area contributed by atoms with Crippen molar-refractivity contribution in [1.82, 2.24) is 10.3 Å². The minimum Gasteiger partial charge on any atom is -0.480 e. The van der Waals surface area contributed by atoms with Crippen molar-refractivity contribution < 1.29 is 14.7 Å². The van der Waals surface area contributed by atoms with Gasteiger partial charge in [-0.25, -0.2) is 4.98 Å². The lowest BCUT2D eigenvalue weighted by Crippen LogP contribution is -2.29. The highest BCUT2D eigenvalue weighted by Crippen LogP contribution is 2.21. The Kier molecular flexibility index (Phi) is 2.82. The van der Waals surface area contributed by atoms with Gasteiger partial charge in [-0.3, -0.25) is 9.59 Å². The van der Waals surface area contributed by atoms with E-state index in [4.69, 9.17) is 5.11 Å². The normalized spacial score (nSPS) is 10.2. The number of fused-ring (bicyclic) bond motifs is 1. The molecule has 1 amide bonds. The smallest absolute Gasteiger partial charge is 0.322 e.